The van der Waals surface area contributed by atoms with Gasteiger partial charge in [0.1, 0.15) is 10.5 Å². The summed E-state index contributed by atoms with van der Waals surface area (Å²) in [7, 11) is -0.00822. The third-order valence-corrected chi connectivity index (χ3v) is 4.06. The molecule has 0 aliphatic carbocycles. The molecule has 0 aliphatic rings. The summed E-state index contributed by atoms with van der Waals surface area (Å²) in [5, 5.41) is 1.05. The highest BCUT2D eigenvalue weighted by atomic mass is 28.3. The van der Waals surface area contributed by atoms with E-state index in [-0.39, 0.29) is 6.42 Å². The maximum absolute atomic E-state index is 11.8. The van der Waals surface area contributed by atoms with E-state index in [0.717, 1.165) is 10.8 Å². The Balaban J connectivity index is 3.98. The number of hydrogen-bond donors (Lipinski definition) is 0. The van der Waals surface area contributed by atoms with Gasteiger partial charge in [-0.05, 0) is 20.3 Å². The summed E-state index contributed by atoms with van der Waals surface area (Å²) >= 11 is 0. The maximum Gasteiger partial charge on any atom is 0.389 e. The Hall–Kier alpha value is -0.0762. The highest BCUT2D eigenvalue weighted by Gasteiger charge is 2.26. The molecule has 0 radical (unpaired) electrons. The molecule has 0 N–H and O–H groups in total. The zero-order valence-electron chi connectivity index (χ0n) is 8.16. The first-order valence-corrected chi connectivity index (χ1v) is 6.18. The lowest BCUT2D eigenvalue weighted by molar-refractivity contribution is -0.133. The van der Waals surface area contributed by atoms with Crippen LogP contribution in [0.4, 0.5) is 13.2 Å². The molecule has 0 aromatic rings. The Morgan fingerprint density at radius 2 is 1.92 bits per heavy atom. The number of halogens is 3. The first kappa shape index (κ1) is 12.9. The second-order valence-electron chi connectivity index (χ2n) is 3.11. The van der Waals surface area contributed by atoms with Gasteiger partial charge in [-0.3, -0.25) is 0 Å². The van der Waals surface area contributed by atoms with Crippen LogP contribution < -0.4 is 0 Å². The predicted octanol–water partition coefficient (Wildman–Crippen LogP) is 1.00. The summed E-state index contributed by atoms with van der Waals surface area (Å²) in [5.74, 6) is 0. The molecule has 0 amide bonds. The van der Waals surface area contributed by atoms with Crippen molar-refractivity contribution in [2.75, 3.05) is 0 Å². The summed E-state index contributed by atoms with van der Waals surface area (Å²) in [6.07, 6.45) is -4.64. The predicted molar refractivity (Wildman–Crippen MR) is 53.2 cm³/mol. The van der Waals surface area contributed by atoms with E-state index in [1.54, 1.807) is 6.92 Å². The Bertz CT molecular complexity index is 189. The Labute approximate surface area is 81.8 Å². The number of rotatable bonds is 4. The van der Waals surface area contributed by atoms with Crippen molar-refractivity contribution in [1.29, 1.82) is 0 Å². The fraction of sp³-hybridized carbons (Fsp3) is 0.714. The van der Waals surface area contributed by atoms with Gasteiger partial charge in [0.05, 0.1) is 0 Å². The summed E-state index contributed by atoms with van der Waals surface area (Å²) < 4.78 is 40.6. The molecule has 0 rings (SSSR count). The lowest BCUT2D eigenvalue weighted by Gasteiger charge is -2.09. The molecule has 0 aliphatic heterocycles. The Morgan fingerprint density at radius 3 is 2.31 bits per heavy atom. The van der Waals surface area contributed by atoms with Gasteiger partial charge in [0, 0.05) is 6.42 Å². The standard InChI is InChI=1S/C7H15F3OSi2/c1-5(6(2)13-11-12)3-4-7(8,9)10/h3-4,13H2,1-2,12H3. The fourth-order valence-corrected chi connectivity index (χ4v) is 3.04. The zero-order chi connectivity index (χ0) is 10.5. The number of allylic oxidation sites excluding steroid dienone is 2. The Kier molecular flexibility index (Phi) is 5.58. The largest absolute Gasteiger partial charge is 0.465 e. The topological polar surface area (TPSA) is 9.23 Å². The second kappa shape index (κ2) is 5.61. The monoisotopic (exact) mass is 228 g/mol. The van der Waals surface area contributed by atoms with Gasteiger partial charge >= 0.3 is 6.18 Å². The highest BCUT2D eigenvalue weighted by Crippen LogP contribution is 2.24. The summed E-state index contributed by atoms with van der Waals surface area (Å²) in [5.41, 5.74) is 0.847. The molecule has 0 fully saturated rings. The van der Waals surface area contributed by atoms with Crippen molar-refractivity contribution in [2.45, 2.75) is 32.9 Å². The van der Waals surface area contributed by atoms with Gasteiger partial charge in [0.2, 0.25) is 0 Å². The molecule has 0 heterocycles. The van der Waals surface area contributed by atoms with E-state index in [4.69, 9.17) is 4.12 Å². The average Bonchev–Trinajstić information content (AvgIpc) is 1.99. The van der Waals surface area contributed by atoms with Crippen molar-refractivity contribution in [3.8, 4) is 0 Å². The van der Waals surface area contributed by atoms with E-state index in [9.17, 15) is 13.2 Å². The minimum absolute atomic E-state index is 0.118. The van der Waals surface area contributed by atoms with Gasteiger partial charge in [-0.1, -0.05) is 10.8 Å². The molecule has 0 saturated heterocycles. The molecule has 78 valence electrons. The SMILES string of the molecule is CC(CCC(F)(F)F)=C(C)[SiH2]O[SiH3]. The molecule has 0 saturated carbocycles. The average molecular weight is 228 g/mol. The van der Waals surface area contributed by atoms with Crippen LogP contribution in [0, 0.1) is 0 Å². The van der Waals surface area contributed by atoms with Crippen LogP contribution in [0.3, 0.4) is 0 Å². The van der Waals surface area contributed by atoms with Crippen LogP contribution in [0.25, 0.3) is 0 Å². The highest BCUT2D eigenvalue weighted by molar-refractivity contribution is 6.42. The molecule has 13 heavy (non-hydrogen) atoms. The van der Waals surface area contributed by atoms with E-state index in [0.29, 0.717) is 10.5 Å². The van der Waals surface area contributed by atoms with Crippen molar-refractivity contribution >= 4 is 20.2 Å². The lowest BCUT2D eigenvalue weighted by atomic mass is 10.1. The minimum atomic E-state index is -4.04. The smallest absolute Gasteiger partial charge is 0.389 e. The van der Waals surface area contributed by atoms with Crippen molar-refractivity contribution in [2.24, 2.45) is 0 Å². The lowest BCUT2D eigenvalue weighted by Crippen LogP contribution is -2.08. The minimum Gasteiger partial charge on any atom is -0.465 e. The molecule has 6 heteroatoms. The van der Waals surface area contributed by atoms with E-state index in [1.807, 2.05) is 6.92 Å². The van der Waals surface area contributed by atoms with Crippen LogP contribution in [0.5, 0.6) is 0 Å². The van der Waals surface area contributed by atoms with Crippen LogP contribution in [-0.4, -0.2) is 26.4 Å². The van der Waals surface area contributed by atoms with Gasteiger partial charge in [-0.15, -0.1) is 0 Å². The summed E-state index contributed by atoms with van der Waals surface area (Å²) in [6, 6.07) is 0. The molecule has 0 atom stereocenters. The van der Waals surface area contributed by atoms with Gasteiger partial charge in [0.15, 0.2) is 9.76 Å². The van der Waals surface area contributed by atoms with Gasteiger partial charge < -0.3 is 4.12 Å². The maximum atomic E-state index is 11.8. The van der Waals surface area contributed by atoms with Crippen molar-refractivity contribution in [3.05, 3.63) is 10.8 Å². The number of alkyl halides is 3. The normalized spacial score (nSPS) is 15.5. The van der Waals surface area contributed by atoms with Crippen molar-refractivity contribution < 1.29 is 17.3 Å². The van der Waals surface area contributed by atoms with Crippen LogP contribution >= 0.6 is 0 Å². The second-order valence-corrected chi connectivity index (χ2v) is 6.77. The van der Waals surface area contributed by atoms with Crippen molar-refractivity contribution in [1.82, 2.24) is 0 Å². The molecule has 0 bridgehead atoms. The number of hydrogen-bond acceptors (Lipinski definition) is 1. The molecule has 0 aromatic heterocycles. The van der Waals surface area contributed by atoms with Crippen LogP contribution in [0.15, 0.2) is 10.8 Å². The molecule has 1 nitrogen and oxygen atoms in total. The van der Waals surface area contributed by atoms with E-state index in [1.165, 1.54) is 0 Å². The molecular weight excluding hydrogens is 213 g/mol. The van der Waals surface area contributed by atoms with Crippen LogP contribution in [0.2, 0.25) is 0 Å². The van der Waals surface area contributed by atoms with Crippen molar-refractivity contribution in [3.63, 3.8) is 0 Å². The van der Waals surface area contributed by atoms with Gasteiger partial charge in [-0.25, -0.2) is 0 Å². The molecule has 0 aromatic carbocycles. The fourth-order valence-electron chi connectivity index (χ4n) is 0.882. The van der Waals surface area contributed by atoms with E-state index >= 15 is 0 Å². The summed E-state index contributed by atoms with van der Waals surface area (Å²) in [4.78, 5) is 0. The molecule has 0 spiro atoms. The quantitative estimate of drug-likeness (QED) is 0.652. The van der Waals surface area contributed by atoms with Gasteiger partial charge in [0.25, 0.3) is 0 Å². The van der Waals surface area contributed by atoms with Gasteiger partial charge in [-0.2, -0.15) is 13.2 Å². The third kappa shape index (κ3) is 7.03. The zero-order valence-corrected chi connectivity index (χ0v) is 11.6. The first-order chi connectivity index (χ1) is 5.87. The summed E-state index contributed by atoms with van der Waals surface area (Å²) in [6.45, 7) is 3.63. The molecular formula is C7H15F3OSi2. The Morgan fingerprint density at radius 1 is 1.38 bits per heavy atom. The molecule has 0 unspecified atom stereocenters. The van der Waals surface area contributed by atoms with Crippen LogP contribution in [0.1, 0.15) is 26.7 Å². The third-order valence-electron chi connectivity index (χ3n) is 1.87. The van der Waals surface area contributed by atoms with E-state index in [2.05, 4.69) is 0 Å². The first-order valence-electron chi connectivity index (χ1n) is 4.07. The van der Waals surface area contributed by atoms with E-state index < -0.39 is 22.4 Å². The van der Waals surface area contributed by atoms with Crippen LogP contribution in [-0.2, 0) is 4.12 Å².